The largest absolute Gasteiger partial charge is 0.349 e. The van der Waals surface area contributed by atoms with Crippen molar-refractivity contribution in [2.45, 2.75) is 38.6 Å². The van der Waals surface area contributed by atoms with Gasteiger partial charge in [0.2, 0.25) is 0 Å². The fraction of sp³-hybridized carbons (Fsp3) is 0.438. The highest BCUT2D eigenvalue weighted by Gasteiger charge is 2.20. The Bertz CT molecular complexity index is 583. The average Bonchev–Trinajstić information content (AvgIpc) is 3.04. The van der Waals surface area contributed by atoms with Gasteiger partial charge >= 0.3 is 0 Å². The summed E-state index contributed by atoms with van der Waals surface area (Å²) in [4.78, 5) is 16.2. The normalized spacial score (nSPS) is 22.0. The van der Waals surface area contributed by atoms with Gasteiger partial charge < -0.3 is 5.32 Å². The van der Waals surface area contributed by atoms with E-state index in [9.17, 15) is 4.79 Å². The maximum atomic E-state index is 12.2. The van der Waals surface area contributed by atoms with E-state index in [1.54, 1.807) is 11.0 Å². The van der Waals surface area contributed by atoms with E-state index < -0.39 is 0 Å². The monoisotopic (exact) mass is 284 g/mol. The van der Waals surface area contributed by atoms with E-state index in [4.69, 9.17) is 0 Å². The van der Waals surface area contributed by atoms with E-state index in [0.717, 1.165) is 24.4 Å². The lowest BCUT2D eigenvalue weighted by Gasteiger charge is -2.26. The molecule has 1 aliphatic carbocycles. The molecule has 1 N–H and O–H groups in total. The molecule has 1 heterocycles. The van der Waals surface area contributed by atoms with Crippen molar-refractivity contribution < 1.29 is 4.79 Å². The first-order chi connectivity index (χ1) is 10.2. The van der Waals surface area contributed by atoms with Crippen LogP contribution in [0.2, 0.25) is 0 Å². The standard InChI is InChI=1S/C16H20N4O/c1-12-2-6-14(7-3-12)19-16(21)13-4-8-15(9-5-13)20-11-17-10-18-20/h4-5,8-12,14H,2-3,6-7H2,1H3,(H,19,21). The minimum Gasteiger partial charge on any atom is -0.349 e. The summed E-state index contributed by atoms with van der Waals surface area (Å²) < 4.78 is 1.67. The first-order valence-corrected chi connectivity index (χ1v) is 7.48. The van der Waals surface area contributed by atoms with E-state index in [-0.39, 0.29) is 5.91 Å². The Balaban J connectivity index is 1.62. The van der Waals surface area contributed by atoms with Crippen LogP contribution in [0, 0.1) is 5.92 Å². The third-order valence-corrected chi connectivity index (χ3v) is 4.16. The number of hydrogen-bond donors (Lipinski definition) is 1. The number of nitrogens with zero attached hydrogens (tertiary/aromatic N) is 3. The predicted molar refractivity (Wildman–Crippen MR) is 80.2 cm³/mol. The van der Waals surface area contributed by atoms with Crippen LogP contribution in [0.3, 0.4) is 0 Å². The van der Waals surface area contributed by atoms with Crippen molar-refractivity contribution in [3.63, 3.8) is 0 Å². The Morgan fingerprint density at radius 2 is 1.90 bits per heavy atom. The minimum atomic E-state index is 0.0136. The van der Waals surface area contributed by atoms with E-state index >= 15 is 0 Å². The fourth-order valence-corrected chi connectivity index (χ4v) is 2.78. The van der Waals surface area contributed by atoms with Crippen molar-refractivity contribution in [1.82, 2.24) is 20.1 Å². The van der Waals surface area contributed by atoms with Crippen LogP contribution in [-0.4, -0.2) is 26.7 Å². The number of hydrogen-bond acceptors (Lipinski definition) is 3. The summed E-state index contributed by atoms with van der Waals surface area (Å²) >= 11 is 0. The molecular weight excluding hydrogens is 264 g/mol. The van der Waals surface area contributed by atoms with Crippen LogP contribution in [0.4, 0.5) is 0 Å². The van der Waals surface area contributed by atoms with E-state index in [1.807, 2.05) is 24.3 Å². The Kier molecular flexibility index (Phi) is 3.99. The molecule has 0 radical (unpaired) electrons. The summed E-state index contributed by atoms with van der Waals surface area (Å²) in [6, 6.07) is 7.75. The topological polar surface area (TPSA) is 59.8 Å². The Morgan fingerprint density at radius 3 is 2.52 bits per heavy atom. The lowest BCUT2D eigenvalue weighted by atomic mass is 9.87. The summed E-state index contributed by atoms with van der Waals surface area (Å²) in [5.74, 6) is 0.805. The van der Waals surface area contributed by atoms with Gasteiger partial charge in [0.1, 0.15) is 12.7 Å². The van der Waals surface area contributed by atoms with Crippen LogP contribution in [0.25, 0.3) is 5.69 Å². The van der Waals surface area contributed by atoms with Gasteiger partial charge in [-0.1, -0.05) is 6.92 Å². The van der Waals surface area contributed by atoms with Crippen molar-refractivity contribution >= 4 is 5.91 Å². The van der Waals surface area contributed by atoms with Crippen LogP contribution < -0.4 is 5.32 Å². The number of nitrogens with one attached hydrogen (secondary N) is 1. The number of aromatic nitrogens is 3. The van der Waals surface area contributed by atoms with Crippen molar-refractivity contribution in [3.05, 3.63) is 42.5 Å². The van der Waals surface area contributed by atoms with E-state index in [0.29, 0.717) is 11.6 Å². The first-order valence-electron chi connectivity index (χ1n) is 7.48. The fourth-order valence-electron chi connectivity index (χ4n) is 2.78. The number of amides is 1. The molecule has 1 fully saturated rings. The van der Waals surface area contributed by atoms with Crippen LogP contribution in [0.1, 0.15) is 43.0 Å². The molecule has 1 aliphatic rings. The highest BCUT2D eigenvalue weighted by molar-refractivity contribution is 5.94. The predicted octanol–water partition coefficient (Wildman–Crippen LogP) is 2.58. The van der Waals surface area contributed by atoms with Crippen LogP contribution in [0.15, 0.2) is 36.9 Å². The third-order valence-electron chi connectivity index (χ3n) is 4.16. The average molecular weight is 284 g/mol. The van der Waals surface area contributed by atoms with Gasteiger partial charge in [-0.15, -0.1) is 0 Å². The molecule has 0 unspecified atom stereocenters. The molecule has 110 valence electrons. The van der Waals surface area contributed by atoms with Gasteiger partial charge in [0.15, 0.2) is 0 Å². The summed E-state index contributed by atoms with van der Waals surface area (Å²) in [5.41, 5.74) is 1.59. The second-order valence-corrected chi connectivity index (χ2v) is 5.82. The lowest BCUT2D eigenvalue weighted by molar-refractivity contribution is 0.0923. The molecule has 0 spiro atoms. The molecule has 1 saturated carbocycles. The van der Waals surface area contributed by atoms with Gasteiger partial charge in [-0.25, -0.2) is 9.67 Å². The van der Waals surface area contributed by atoms with Crippen molar-refractivity contribution in [2.24, 2.45) is 5.92 Å². The van der Waals surface area contributed by atoms with Gasteiger partial charge in [-0.3, -0.25) is 4.79 Å². The number of benzene rings is 1. The summed E-state index contributed by atoms with van der Waals surface area (Å²) in [6.45, 7) is 2.28. The van der Waals surface area contributed by atoms with Crippen LogP contribution in [-0.2, 0) is 0 Å². The number of carbonyl (C=O) groups is 1. The second kappa shape index (κ2) is 6.08. The summed E-state index contributed by atoms with van der Waals surface area (Å²) in [6.07, 6.45) is 7.71. The minimum absolute atomic E-state index is 0.0136. The highest BCUT2D eigenvalue weighted by Crippen LogP contribution is 2.23. The molecule has 2 aromatic rings. The van der Waals surface area contributed by atoms with Gasteiger partial charge in [-0.2, -0.15) is 5.10 Å². The number of carbonyl (C=O) groups excluding carboxylic acids is 1. The molecule has 0 bridgehead atoms. The van der Waals surface area contributed by atoms with E-state index in [2.05, 4.69) is 22.3 Å². The molecular formula is C16H20N4O. The summed E-state index contributed by atoms with van der Waals surface area (Å²) in [5, 5.41) is 7.20. The van der Waals surface area contributed by atoms with Gasteiger partial charge in [0, 0.05) is 11.6 Å². The molecule has 0 aliphatic heterocycles. The Morgan fingerprint density at radius 1 is 1.19 bits per heavy atom. The zero-order valence-corrected chi connectivity index (χ0v) is 12.2. The molecule has 21 heavy (non-hydrogen) atoms. The van der Waals surface area contributed by atoms with Crippen molar-refractivity contribution in [3.8, 4) is 5.69 Å². The zero-order chi connectivity index (χ0) is 14.7. The smallest absolute Gasteiger partial charge is 0.251 e. The van der Waals surface area contributed by atoms with Crippen molar-refractivity contribution in [1.29, 1.82) is 0 Å². The first kappa shape index (κ1) is 13.8. The highest BCUT2D eigenvalue weighted by atomic mass is 16.1. The van der Waals surface area contributed by atoms with Gasteiger partial charge in [0.05, 0.1) is 5.69 Å². The van der Waals surface area contributed by atoms with Crippen LogP contribution >= 0.6 is 0 Å². The van der Waals surface area contributed by atoms with Crippen LogP contribution in [0.5, 0.6) is 0 Å². The lowest BCUT2D eigenvalue weighted by Crippen LogP contribution is -2.37. The maximum Gasteiger partial charge on any atom is 0.251 e. The van der Waals surface area contributed by atoms with Crippen molar-refractivity contribution in [2.75, 3.05) is 0 Å². The SMILES string of the molecule is CC1CCC(NC(=O)c2ccc(-n3cncn3)cc2)CC1. The third kappa shape index (κ3) is 3.29. The quantitative estimate of drug-likeness (QED) is 0.942. The number of rotatable bonds is 3. The second-order valence-electron chi connectivity index (χ2n) is 5.82. The van der Waals surface area contributed by atoms with Gasteiger partial charge in [0.25, 0.3) is 5.91 Å². The molecule has 1 aromatic heterocycles. The molecule has 3 rings (SSSR count). The molecule has 5 nitrogen and oxygen atoms in total. The molecule has 5 heteroatoms. The summed E-state index contributed by atoms with van der Waals surface area (Å²) in [7, 11) is 0. The van der Waals surface area contributed by atoms with Gasteiger partial charge in [-0.05, 0) is 55.9 Å². The molecule has 0 atom stereocenters. The Hall–Kier alpha value is -2.17. The zero-order valence-electron chi connectivity index (χ0n) is 12.2. The molecule has 1 aromatic carbocycles. The maximum absolute atomic E-state index is 12.2. The van der Waals surface area contributed by atoms with E-state index in [1.165, 1.54) is 19.2 Å². The molecule has 1 amide bonds. The Labute approximate surface area is 124 Å². The molecule has 0 saturated heterocycles.